The van der Waals surface area contributed by atoms with Crippen LogP contribution < -0.4 is 9.46 Å². The molecule has 0 aliphatic rings. The van der Waals surface area contributed by atoms with Gasteiger partial charge in [0.15, 0.2) is 17.3 Å². The molecule has 2 aromatic carbocycles. The SMILES string of the molecule is CC(C)Sc1ccc(NS(C)(=O)=O)c(Oc2ccc(F)cc2F)c1. The largest absolute Gasteiger partial charge is 0.452 e. The average Bonchev–Trinajstić information content (AvgIpc) is 2.42. The van der Waals surface area contributed by atoms with Crippen LogP contribution in [0.3, 0.4) is 0 Å². The summed E-state index contributed by atoms with van der Waals surface area (Å²) in [5.41, 5.74) is 0.175. The molecule has 0 bridgehead atoms. The molecule has 2 aromatic rings. The van der Waals surface area contributed by atoms with Crippen LogP contribution in [0.4, 0.5) is 14.5 Å². The molecule has 0 saturated heterocycles. The van der Waals surface area contributed by atoms with Gasteiger partial charge in [-0.05, 0) is 30.3 Å². The monoisotopic (exact) mass is 373 g/mol. The molecule has 0 radical (unpaired) electrons. The fourth-order valence-corrected chi connectivity index (χ4v) is 3.33. The number of ether oxygens (including phenoxy) is 1. The second-order valence-corrected chi connectivity index (χ2v) is 8.77. The molecule has 0 fully saturated rings. The van der Waals surface area contributed by atoms with Crippen molar-refractivity contribution in [3.8, 4) is 11.5 Å². The van der Waals surface area contributed by atoms with E-state index >= 15 is 0 Å². The molecule has 8 heteroatoms. The van der Waals surface area contributed by atoms with Crippen LogP contribution in [0.15, 0.2) is 41.3 Å². The molecule has 0 atom stereocenters. The van der Waals surface area contributed by atoms with E-state index in [1.54, 1.807) is 30.0 Å². The molecule has 4 nitrogen and oxygen atoms in total. The Morgan fingerprint density at radius 3 is 2.38 bits per heavy atom. The van der Waals surface area contributed by atoms with Crippen molar-refractivity contribution in [2.75, 3.05) is 11.0 Å². The Kier molecular flexibility index (Phi) is 5.71. The lowest BCUT2D eigenvalue weighted by Gasteiger charge is -2.15. The van der Waals surface area contributed by atoms with E-state index in [-0.39, 0.29) is 17.2 Å². The minimum atomic E-state index is -3.54. The van der Waals surface area contributed by atoms with Gasteiger partial charge in [0, 0.05) is 16.2 Å². The van der Waals surface area contributed by atoms with E-state index in [2.05, 4.69) is 4.72 Å². The van der Waals surface area contributed by atoms with Crippen molar-refractivity contribution in [1.82, 2.24) is 0 Å². The standard InChI is InChI=1S/C16H17F2NO3S2/c1-10(2)23-12-5-6-14(19-24(3,20)21)16(9-12)22-15-7-4-11(17)8-13(15)18/h4-10,19H,1-3H3. The first-order chi connectivity index (χ1) is 11.1. The zero-order valence-electron chi connectivity index (χ0n) is 13.3. The lowest BCUT2D eigenvalue weighted by molar-refractivity contribution is 0.438. The van der Waals surface area contributed by atoms with E-state index in [1.165, 1.54) is 0 Å². The number of hydrogen-bond acceptors (Lipinski definition) is 4. The Hall–Kier alpha value is -1.80. The van der Waals surface area contributed by atoms with Crippen molar-refractivity contribution < 1.29 is 21.9 Å². The average molecular weight is 373 g/mol. The number of anilines is 1. The van der Waals surface area contributed by atoms with Gasteiger partial charge in [0.1, 0.15) is 5.82 Å². The van der Waals surface area contributed by atoms with E-state index in [0.717, 1.165) is 23.3 Å². The minimum Gasteiger partial charge on any atom is -0.452 e. The van der Waals surface area contributed by atoms with Crippen LogP contribution in [0.1, 0.15) is 13.8 Å². The lowest BCUT2D eigenvalue weighted by Crippen LogP contribution is -2.10. The molecular formula is C16H17F2NO3S2. The highest BCUT2D eigenvalue weighted by Gasteiger charge is 2.14. The lowest BCUT2D eigenvalue weighted by atomic mass is 10.3. The first-order valence-corrected chi connectivity index (χ1v) is 9.82. The van der Waals surface area contributed by atoms with Crippen LogP contribution in [0.25, 0.3) is 0 Å². The summed E-state index contributed by atoms with van der Waals surface area (Å²) < 4.78 is 57.6. The third-order valence-electron chi connectivity index (χ3n) is 2.73. The predicted octanol–water partition coefficient (Wildman–Crippen LogP) is 4.63. The predicted molar refractivity (Wildman–Crippen MR) is 92.3 cm³/mol. The van der Waals surface area contributed by atoms with Crippen LogP contribution >= 0.6 is 11.8 Å². The van der Waals surface area contributed by atoms with Crippen molar-refractivity contribution in [2.45, 2.75) is 24.0 Å². The minimum absolute atomic E-state index is 0.136. The number of benzene rings is 2. The van der Waals surface area contributed by atoms with Gasteiger partial charge in [-0.1, -0.05) is 13.8 Å². The van der Waals surface area contributed by atoms with Crippen molar-refractivity contribution in [3.63, 3.8) is 0 Å². The molecule has 0 aliphatic carbocycles. The van der Waals surface area contributed by atoms with E-state index in [0.29, 0.717) is 11.3 Å². The maximum Gasteiger partial charge on any atom is 0.229 e. The highest BCUT2D eigenvalue weighted by molar-refractivity contribution is 7.99. The molecule has 1 N–H and O–H groups in total. The quantitative estimate of drug-likeness (QED) is 0.750. The first-order valence-electron chi connectivity index (χ1n) is 7.05. The summed E-state index contributed by atoms with van der Waals surface area (Å²) >= 11 is 1.55. The molecule has 0 aliphatic heterocycles. The normalized spacial score (nSPS) is 11.6. The van der Waals surface area contributed by atoms with E-state index < -0.39 is 21.7 Å². The summed E-state index contributed by atoms with van der Waals surface area (Å²) in [5, 5.41) is 0.300. The number of halogens is 2. The number of rotatable bonds is 6. The maximum absolute atomic E-state index is 13.8. The summed E-state index contributed by atoms with van der Waals surface area (Å²) in [7, 11) is -3.54. The van der Waals surface area contributed by atoms with Crippen LogP contribution in [-0.2, 0) is 10.0 Å². The Morgan fingerprint density at radius 1 is 1.08 bits per heavy atom. The van der Waals surface area contributed by atoms with Crippen molar-refractivity contribution in [2.24, 2.45) is 0 Å². The Balaban J connectivity index is 2.42. The van der Waals surface area contributed by atoms with Crippen LogP contribution in [0.2, 0.25) is 0 Å². The molecule has 0 spiro atoms. The van der Waals surface area contributed by atoms with Gasteiger partial charge in [-0.3, -0.25) is 4.72 Å². The zero-order chi connectivity index (χ0) is 17.9. The molecule has 130 valence electrons. The number of hydrogen-bond donors (Lipinski definition) is 1. The molecule has 0 unspecified atom stereocenters. The summed E-state index contributed by atoms with van der Waals surface area (Å²) in [6.45, 7) is 4.01. The summed E-state index contributed by atoms with van der Waals surface area (Å²) in [4.78, 5) is 0.835. The van der Waals surface area contributed by atoms with Crippen LogP contribution in [-0.4, -0.2) is 19.9 Å². The van der Waals surface area contributed by atoms with E-state index in [4.69, 9.17) is 4.74 Å². The fraction of sp³-hybridized carbons (Fsp3) is 0.250. The number of nitrogens with one attached hydrogen (secondary N) is 1. The molecule has 0 amide bonds. The number of thioether (sulfide) groups is 1. The molecular weight excluding hydrogens is 356 g/mol. The topological polar surface area (TPSA) is 55.4 Å². The first kappa shape index (κ1) is 18.5. The molecule has 0 saturated carbocycles. The van der Waals surface area contributed by atoms with Gasteiger partial charge in [0.2, 0.25) is 10.0 Å². The third kappa shape index (κ3) is 5.38. The van der Waals surface area contributed by atoms with Gasteiger partial charge in [-0.15, -0.1) is 11.8 Å². The Bertz CT molecular complexity index is 839. The summed E-state index contributed by atoms with van der Waals surface area (Å²) in [5.74, 6) is -1.66. The number of sulfonamides is 1. The highest BCUT2D eigenvalue weighted by Crippen LogP contribution is 2.36. The summed E-state index contributed by atoms with van der Waals surface area (Å²) in [6, 6.07) is 7.81. The van der Waals surface area contributed by atoms with Crippen LogP contribution in [0.5, 0.6) is 11.5 Å². The fourth-order valence-electron chi connectivity index (χ4n) is 1.89. The van der Waals surface area contributed by atoms with Crippen molar-refractivity contribution >= 4 is 27.5 Å². The van der Waals surface area contributed by atoms with Crippen molar-refractivity contribution in [1.29, 1.82) is 0 Å². The summed E-state index contributed by atoms with van der Waals surface area (Å²) in [6.07, 6.45) is 1.01. The van der Waals surface area contributed by atoms with Gasteiger partial charge in [-0.25, -0.2) is 17.2 Å². The van der Waals surface area contributed by atoms with E-state index in [1.807, 2.05) is 13.8 Å². The van der Waals surface area contributed by atoms with Gasteiger partial charge >= 0.3 is 0 Å². The molecule has 24 heavy (non-hydrogen) atoms. The van der Waals surface area contributed by atoms with Crippen molar-refractivity contribution in [3.05, 3.63) is 48.0 Å². The Morgan fingerprint density at radius 2 is 1.79 bits per heavy atom. The van der Waals surface area contributed by atoms with Crippen LogP contribution in [0, 0.1) is 11.6 Å². The van der Waals surface area contributed by atoms with Gasteiger partial charge in [-0.2, -0.15) is 0 Å². The second-order valence-electron chi connectivity index (χ2n) is 5.38. The molecule has 0 aromatic heterocycles. The van der Waals surface area contributed by atoms with Gasteiger partial charge in [0.05, 0.1) is 11.9 Å². The van der Waals surface area contributed by atoms with Gasteiger partial charge < -0.3 is 4.74 Å². The maximum atomic E-state index is 13.8. The smallest absolute Gasteiger partial charge is 0.229 e. The third-order valence-corrected chi connectivity index (χ3v) is 4.32. The molecule has 2 rings (SSSR count). The molecule has 0 heterocycles. The second kappa shape index (κ2) is 7.40. The van der Waals surface area contributed by atoms with Gasteiger partial charge in [0.25, 0.3) is 0 Å². The van der Waals surface area contributed by atoms with E-state index in [9.17, 15) is 17.2 Å². The Labute approximate surface area is 144 Å². The zero-order valence-corrected chi connectivity index (χ0v) is 15.0. The highest BCUT2D eigenvalue weighted by atomic mass is 32.2.